The van der Waals surface area contributed by atoms with E-state index in [1.165, 1.54) is 88.1 Å². The van der Waals surface area contributed by atoms with Gasteiger partial charge in [-0.15, -0.1) is 0 Å². The smallest absolute Gasteiger partial charge is 0.0547 e. The monoisotopic (exact) mass is 712 g/mol. The van der Waals surface area contributed by atoms with Gasteiger partial charge in [0.15, 0.2) is 0 Å². The summed E-state index contributed by atoms with van der Waals surface area (Å²) in [5, 5.41) is 4.99. The van der Waals surface area contributed by atoms with Crippen molar-refractivity contribution in [2.24, 2.45) is 0 Å². The molecule has 0 atom stereocenters. The SMILES string of the molecule is c1ccc(-c2ccc(-n3c4ccccc4c4ccc(-c5cccc6c5c5ccccc5n6-c5cc(-c6ccccc6)cc(-c6ccccc6)c5)cc43)cc2)cc1. The van der Waals surface area contributed by atoms with Crippen LogP contribution in [0.25, 0.3) is 99.5 Å². The van der Waals surface area contributed by atoms with E-state index >= 15 is 0 Å². The first-order chi connectivity index (χ1) is 27.8. The van der Waals surface area contributed by atoms with E-state index in [9.17, 15) is 0 Å². The van der Waals surface area contributed by atoms with Crippen molar-refractivity contribution in [1.82, 2.24) is 9.13 Å². The van der Waals surface area contributed by atoms with E-state index in [4.69, 9.17) is 0 Å². The first-order valence-electron chi connectivity index (χ1n) is 19.3. The van der Waals surface area contributed by atoms with E-state index in [2.05, 4.69) is 228 Å². The van der Waals surface area contributed by atoms with E-state index in [0.29, 0.717) is 0 Å². The van der Waals surface area contributed by atoms with Crippen molar-refractivity contribution >= 4 is 43.6 Å². The van der Waals surface area contributed by atoms with Crippen molar-refractivity contribution in [3.63, 3.8) is 0 Å². The molecule has 0 amide bonds. The second-order valence-corrected chi connectivity index (χ2v) is 14.6. The normalized spacial score (nSPS) is 11.6. The molecule has 0 aliphatic heterocycles. The fourth-order valence-corrected chi connectivity index (χ4v) is 8.72. The molecular formula is C54H36N2. The molecule has 2 heterocycles. The van der Waals surface area contributed by atoms with Gasteiger partial charge in [0, 0.05) is 32.9 Å². The van der Waals surface area contributed by atoms with Crippen LogP contribution in [0.1, 0.15) is 0 Å². The molecule has 0 fully saturated rings. The number of rotatable bonds is 6. The van der Waals surface area contributed by atoms with Gasteiger partial charge >= 0.3 is 0 Å². The highest BCUT2D eigenvalue weighted by Crippen LogP contribution is 2.42. The molecule has 0 aliphatic carbocycles. The Morgan fingerprint density at radius 3 is 1.34 bits per heavy atom. The Kier molecular flexibility index (Phi) is 7.53. The number of nitrogens with zero attached hydrogens (tertiary/aromatic N) is 2. The number of aromatic nitrogens is 2. The van der Waals surface area contributed by atoms with E-state index in [1.54, 1.807) is 0 Å². The minimum absolute atomic E-state index is 1.14. The Hall–Kier alpha value is -7.42. The highest BCUT2D eigenvalue weighted by molar-refractivity contribution is 6.17. The Balaban J connectivity index is 1.13. The van der Waals surface area contributed by atoms with Crippen LogP contribution in [0.15, 0.2) is 218 Å². The van der Waals surface area contributed by atoms with Crippen molar-refractivity contribution in [2.45, 2.75) is 0 Å². The summed E-state index contributed by atoms with van der Waals surface area (Å²) in [4.78, 5) is 0. The van der Waals surface area contributed by atoms with Crippen LogP contribution in [0.2, 0.25) is 0 Å². The molecule has 262 valence electrons. The third kappa shape index (κ3) is 5.26. The predicted molar refractivity (Wildman–Crippen MR) is 237 cm³/mol. The molecule has 0 bridgehead atoms. The van der Waals surface area contributed by atoms with Gasteiger partial charge in [-0.25, -0.2) is 0 Å². The molecule has 0 N–H and O–H groups in total. The largest absolute Gasteiger partial charge is 0.309 e. The molecule has 0 spiro atoms. The lowest BCUT2D eigenvalue weighted by Gasteiger charge is -2.14. The lowest BCUT2D eigenvalue weighted by atomic mass is 9.97. The van der Waals surface area contributed by atoms with E-state index in [-0.39, 0.29) is 0 Å². The molecule has 2 heteroatoms. The number of para-hydroxylation sites is 2. The summed E-state index contributed by atoms with van der Waals surface area (Å²) in [5.74, 6) is 0. The van der Waals surface area contributed by atoms with Gasteiger partial charge in [-0.3, -0.25) is 0 Å². The van der Waals surface area contributed by atoms with Crippen LogP contribution in [0, 0.1) is 0 Å². The summed E-state index contributed by atoms with van der Waals surface area (Å²) in [6.07, 6.45) is 0. The summed E-state index contributed by atoms with van der Waals surface area (Å²) in [5.41, 5.74) is 16.7. The molecule has 0 radical (unpaired) electrons. The molecule has 11 rings (SSSR count). The standard InChI is InChI=1S/C54H36N2/c1-4-15-37(16-5-1)40-27-30-44(31-28-40)55-50-24-12-10-21-47(50)48-32-29-41(36-53(48)55)46-23-14-26-52-54(46)49-22-11-13-25-51(49)56(52)45-34-42(38-17-6-2-7-18-38)33-43(35-45)39-19-8-3-9-20-39/h1-36H. The van der Waals surface area contributed by atoms with Crippen molar-refractivity contribution in [3.05, 3.63) is 218 Å². The summed E-state index contributed by atoms with van der Waals surface area (Å²) >= 11 is 0. The van der Waals surface area contributed by atoms with Gasteiger partial charge in [0.05, 0.1) is 22.1 Å². The van der Waals surface area contributed by atoms with Crippen LogP contribution < -0.4 is 0 Å². The second-order valence-electron chi connectivity index (χ2n) is 14.6. The van der Waals surface area contributed by atoms with Gasteiger partial charge < -0.3 is 9.13 Å². The van der Waals surface area contributed by atoms with Crippen LogP contribution in [0.3, 0.4) is 0 Å². The van der Waals surface area contributed by atoms with E-state index in [0.717, 1.165) is 11.4 Å². The second kappa shape index (κ2) is 13.2. The third-order valence-corrected chi connectivity index (χ3v) is 11.3. The van der Waals surface area contributed by atoms with Crippen LogP contribution >= 0.6 is 0 Å². The van der Waals surface area contributed by atoms with Gasteiger partial charge in [-0.1, -0.05) is 164 Å². The third-order valence-electron chi connectivity index (χ3n) is 11.3. The fourth-order valence-electron chi connectivity index (χ4n) is 8.72. The molecule has 0 unspecified atom stereocenters. The number of benzene rings is 9. The lowest BCUT2D eigenvalue weighted by Crippen LogP contribution is -1.96. The quantitative estimate of drug-likeness (QED) is 0.162. The Bertz CT molecular complexity index is 3150. The average molecular weight is 713 g/mol. The number of hydrogen-bond donors (Lipinski definition) is 0. The Morgan fingerprint density at radius 1 is 0.232 bits per heavy atom. The zero-order valence-electron chi connectivity index (χ0n) is 30.7. The summed E-state index contributed by atoms with van der Waals surface area (Å²) < 4.78 is 4.88. The van der Waals surface area contributed by atoms with Crippen molar-refractivity contribution in [3.8, 4) is 55.9 Å². The number of fused-ring (bicyclic) bond motifs is 6. The Morgan fingerprint density at radius 2 is 0.696 bits per heavy atom. The molecule has 0 saturated carbocycles. The van der Waals surface area contributed by atoms with Crippen LogP contribution in [0.5, 0.6) is 0 Å². The van der Waals surface area contributed by atoms with Gasteiger partial charge in [0.2, 0.25) is 0 Å². The van der Waals surface area contributed by atoms with E-state index < -0.39 is 0 Å². The highest BCUT2D eigenvalue weighted by atomic mass is 15.0. The van der Waals surface area contributed by atoms with Crippen molar-refractivity contribution in [2.75, 3.05) is 0 Å². The van der Waals surface area contributed by atoms with E-state index in [1.807, 2.05) is 0 Å². The first-order valence-corrected chi connectivity index (χ1v) is 19.3. The maximum absolute atomic E-state index is 2.46. The van der Waals surface area contributed by atoms with Crippen LogP contribution in [0.4, 0.5) is 0 Å². The van der Waals surface area contributed by atoms with Crippen molar-refractivity contribution in [1.29, 1.82) is 0 Å². The van der Waals surface area contributed by atoms with Gasteiger partial charge in [-0.05, 0) is 99.1 Å². The maximum atomic E-state index is 2.46. The molecule has 2 nitrogen and oxygen atoms in total. The zero-order chi connectivity index (χ0) is 37.0. The van der Waals surface area contributed by atoms with Crippen LogP contribution in [-0.4, -0.2) is 9.13 Å². The molecule has 11 aromatic rings. The van der Waals surface area contributed by atoms with Gasteiger partial charge in [0.25, 0.3) is 0 Å². The minimum atomic E-state index is 1.14. The molecule has 0 saturated heterocycles. The summed E-state index contributed by atoms with van der Waals surface area (Å²) in [6.45, 7) is 0. The first kappa shape index (κ1) is 32.0. The highest BCUT2D eigenvalue weighted by Gasteiger charge is 2.19. The molecule has 9 aromatic carbocycles. The maximum Gasteiger partial charge on any atom is 0.0547 e. The van der Waals surface area contributed by atoms with Gasteiger partial charge in [-0.2, -0.15) is 0 Å². The average Bonchev–Trinajstić information content (AvgIpc) is 3.80. The zero-order valence-corrected chi connectivity index (χ0v) is 30.7. The lowest BCUT2D eigenvalue weighted by molar-refractivity contribution is 1.18. The van der Waals surface area contributed by atoms with Crippen molar-refractivity contribution < 1.29 is 0 Å². The summed E-state index contributed by atoms with van der Waals surface area (Å²) in [6, 6.07) is 79.4. The molecule has 2 aromatic heterocycles. The molecular weight excluding hydrogens is 677 g/mol. The molecule has 0 aliphatic rings. The fraction of sp³-hybridized carbons (Fsp3) is 0. The summed E-state index contributed by atoms with van der Waals surface area (Å²) in [7, 11) is 0. The topological polar surface area (TPSA) is 9.86 Å². The Labute approximate surface area is 325 Å². The minimum Gasteiger partial charge on any atom is -0.309 e. The number of hydrogen-bond acceptors (Lipinski definition) is 0. The molecule has 56 heavy (non-hydrogen) atoms. The van der Waals surface area contributed by atoms with Gasteiger partial charge in [0.1, 0.15) is 0 Å². The predicted octanol–water partition coefficient (Wildman–Crippen LogP) is 14.5. The van der Waals surface area contributed by atoms with Crippen LogP contribution in [-0.2, 0) is 0 Å².